The summed E-state index contributed by atoms with van der Waals surface area (Å²) in [6, 6.07) is 0.0531. The molecule has 1 heterocycles. The van der Waals surface area contributed by atoms with Gasteiger partial charge in [-0.2, -0.15) is 0 Å². The van der Waals surface area contributed by atoms with Crippen molar-refractivity contribution in [2.75, 3.05) is 6.54 Å². The van der Waals surface area contributed by atoms with Gasteiger partial charge in [-0.15, -0.1) is 0 Å². The lowest BCUT2D eigenvalue weighted by molar-refractivity contribution is 0.599. The van der Waals surface area contributed by atoms with Crippen LogP contribution in [0.4, 0.5) is 0 Å². The molecular formula is C7H13N5. The van der Waals surface area contributed by atoms with Crippen LogP contribution in [0.1, 0.15) is 12.2 Å². The van der Waals surface area contributed by atoms with E-state index >= 15 is 0 Å². The molecule has 0 bridgehead atoms. The molecule has 0 fully saturated rings. The molecule has 1 unspecified atom stereocenters. The first-order chi connectivity index (χ1) is 5.83. The van der Waals surface area contributed by atoms with Crippen LogP contribution in [-0.2, 0) is 6.42 Å². The van der Waals surface area contributed by atoms with Crippen molar-refractivity contribution in [3.8, 4) is 0 Å². The van der Waals surface area contributed by atoms with Gasteiger partial charge in [0.05, 0.1) is 0 Å². The molecule has 1 rings (SSSR count). The molecule has 0 radical (unpaired) electrons. The van der Waals surface area contributed by atoms with E-state index in [1.165, 1.54) is 12.7 Å². The van der Waals surface area contributed by atoms with E-state index < -0.39 is 0 Å². The number of hydrogen-bond acceptors (Lipinski definition) is 5. The van der Waals surface area contributed by atoms with Gasteiger partial charge in [0.2, 0.25) is 0 Å². The van der Waals surface area contributed by atoms with Crippen LogP contribution in [0.3, 0.4) is 0 Å². The fraction of sp³-hybridized carbons (Fsp3) is 0.571. The summed E-state index contributed by atoms with van der Waals surface area (Å²) in [7, 11) is 0. The summed E-state index contributed by atoms with van der Waals surface area (Å²) in [6.07, 6.45) is 4.40. The van der Waals surface area contributed by atoms with Crippen LogP contribution in [0, 0.1) is 0 Å². The quantitative estimate of drug-likeness (QED) is 0.605. The van der Waals surface area contributed by atoms with E-state index in [4.69, 9.17) is 11.5 Å². The van der Waals surface area contributed by atoms with E-state index in [0.717, 1.165) is 12.2 Å². The Morgan fingerprint density at radius 3 is 2.58 bits per heavy atom. The second kappa shape index (κ2) is 4.74. The lowest BCUT2D eigenvalue weighted by Crippen LogP contribution is -2.26. The van der Waals surface area contributed by atoms with Crippen molar-refractivity contribution >= 4 is 0 Å². The van der Waals surface area contributed by atoms with E-state index in [1.54, 1.807) is 0 Å². The zero-order chi connectivity index (χ0) is 8.81. The molecule has 0 saturated carbocycles. The standard InChI is InChI=1S/C7H13N5/c8-2-1-6(9)3-7-11-4-10-5-12-7/h4-6H,1-3,8-9H2. The largest absolute Gasteiger partial charge is 0.330 e. The summed E-state index contributed by atoms with van der Waals surface area (Å²) in [5, 5.41) is 0. The molecule has 1 aromatic rings. The Balaban J connectivity index is 2.41. The molecule has 0 aliphatic carbocycles. The van der Waals surface area contributed by atoms with E-state index in [0.29, 0.717) is 13.0 Å². The Hall–Kier alpha value is -1.07. The monoisotopic (exact) mass is 167 g/mol. The maximum absolute atomic E-state index is 5.74. The first-order valence-corrected chi connectivity index (χ1v) is 3.89. The minimum Gasteiger partial charge on any atom is -0.330 e. The van der Waals surface area contributed by atoms with Crippen LogP contribution in [0.2, 0.25) is 0 Å². The summed E-state index contributed by atoms with van der Waals surface area (Å²) >= 11 is 0. The number of nitrogens with two attached hydrogens (primary N) is 2. The smallest absolute Gasteiger partial charge is 0.133 e. The van der Waals surface area contributed by atoms with Gasteiger partial charge in [0.1, 0.15) is 18.5 Å². The molecular weight excluding hydrogens is 154 g/mol. The normalized spacial score (nSPS) is 12.8. The van der Waals surface area contributed by atoms with Gasteiger partial charge in [-0.25, -0.2) is 15.0 Å². The second-order valence-corrected chi connectivity index (χ2v) is 2.60. The first kappa shape index (κ1) is 9.02. The molecule has 1 atom stereocenters. The Labute approximate surface area is 71.2 Å². The van der Waals surface area contributed by atoms with E-state index in [1.807, 2.05) is 0 Å². The summed E-state index contributed by atoms with van der Waals surface area (Å²) in [5.74, 6) is 0.728. The molecule has 0 aromatic carbocycles. The number of rotatable bonds is 4. The van der Waals surface area contributed by atoms with Gasteiger partial charge in [-0.3, -0.25) is 0 Å². The Morgan fingerprint density at radius 1 is 1.33 bits per heavy atom. The molecule has 0 saturated heterocycles. The molecule has 5 nitrogen and oxygen atoms in total. The zero-order valence-electron chi connectivity index (χ0n) is 6.85. The van der Waals surface area contributed by atoms with Gasteiger partial charge in [0, 0.05) is 12.5 Å². The third-order valence-corrected chi connectivity index (χ3v) is 1.53. The Kier molecular flexibility index (Phi) is 3.56. The fourth-order valence-electron chi connectivity index (χ4n) is 0.919. The Bertz CT molecular complexity index is 212. The van der Waals surface area contributed by atoms with Crippen molar-refractivity contribution < 1.29 is 0 Å². The van der Waals surface area contributed by atoms with Crippen LogP contribution in [-0.4, -0.2) is 27.5 Å². The minimum atomic E-state index is 0.0531. The van der Waals surface area contributed by atoms with Crippen LogP contribution < -0.4 is 11.5 Å². The van der Waals surface area contributed by atoms with Gasteiger partial charge < -0.3 is 11.5 Å². The molecule has 12 heavy (non-hydrogen) atoms. The lowest BCUT2D eigenvalue weighted by atomic mass is 10.1. The average molecular weight is 167 g/mol. The molecule has 0 amide bonds. The van der Waals surface area contributed by atoms with Gasteiger partial charge in [-0.1, -0.05) is 0 Å². The minimum absolute atomic E-state index is 0.0531. The third kappa shape index (κ3) is 2.89. The fourth-order valence-corrected chi connectivity index (χ4v) is 0.919. The first-order valence-electron chi connectivity index (χ1n) is 3.89. The molecule has 5 heteroatoms. The summed E-state index contributed by atoms with van der Waals surface area (Å²) < 4.78 is 0. The van der Waals surface area contributed by atoms with E-state index in [2.05, 4.69) is 15.0 Å². The topological polar surface area (TPSA) is 90.7 Å². The number of aromatic nitrogens is 3. The number of nitrogens with zero attached hydrogens (tertiary/aromatic N) is 3. The van der Waals surface area contributed by atoms with E-state index in [-0.39, 0.29) is 6.04 Å². The molecule has 66 valence electrons. The third-order valence-electron chi connectivity index (χ3n) is 1.53. The lowest BCUT2D eigenvalue weighted by Gasteiger charge is -2.07. The van der Waals surface area contributed by atoms with Crippen molar-refractivity contribution in [1.29, 1.82) is 0 Å². The Morgan fingerprint density at radius 2 is 2.00 bits per heavy atom. The number of hydrogen-bond donors (Lipinski definition) is 2. The summed E-state index contributed by atoms with van der Waals surface area (Å²) in [5.41, 5.74) is 11.1. The highest BCUT2D eigenvalue weighted by atomic mass is 15.0. The van der Waals surface area contributed by atoms with Crippen LogP contribution in [0.25, 0.3) is 0 Å². The maximum atomic E-state index is 5.74. The molecule has 4 N–H and O–H groups in total. The average Bonchev–Trinajstić information content (AvgIpc) is 2.06. The molecule has 0 spiro atoms. The SMILES string of the molecule is NCCC(N)Cc1ncncn1. The highest BCUT2D eigenvalue weighted by molar-refractivity contribution is 4.85. The molecule has 0 aliphatic rings. The van der Waals surface area contributed by atoms with Gasteiger partial charge in [0.25, 0.3) is 0 Å². The van der Waals surface area contributed by atoms with Crippen molar-refractivity contribution in [1.82, 2.24) is 15.0 Å². The molecule has 1 aromatic heterocycles. The van der Waals surface area contributed by atoms with Crippen molar-refractivity contribution in [3.63, 3.8) is 0 Å². The van der Waals surface area contributed by atoms with Crippen molar-refractivity contribution in [2.45, 2.75) is 18.9 Å². The second-order valence-electron chi connectivity index (χ2n) is 2.60. The predicted molar refractivity (Wildman–Crippen MR) is 45.2 cm³/mol. The van der Waals surface area contributed by atoms with Crippen molar-refractivity contribution in [3.05, 3.63) is 18.5 Å². The summed E-state index contributed by atoms with van der Waals surface area (Å²) in [6.45, 7) is 0.603. The summed E-state index contributed by atoms with van der Waals surface area (Å²) in [4.78, 5) is 11.6. The van der Waals surface area contributed by atoms with Gasteiger partial charge in [-0.05, 0) is 13.0 Å². The van der Waals surface area contributed by atoms with Crippen LogP contribution >= 0.6 is 0 Å². The van der Waals surface area contributed by atoms with Gasteiger partial charge >= 0.3 is 0 Å². The molecule has 0 aliphatic heterocycles. The van der Waals surface area contributed by atoms with Crippen molar-refractivity contribution in [2.24, 2.45) is 11.5 Å². The highest BCUT2D eigenvalue weighted by Gasteiger charge is 2.03. The maximum Gasteiger partial charge on any atom is 0.133 e. The van der Waals surface area contributed by atoms with Gasteiger partial charge in [0.15, 0.2) is 0 Å². The highest BCUT2D eigenvalue weighted by Crippen LogP contribution is 1.94. The zero-order valence-corrected chi connectivity index (χ0v) is 6.85. The van der Waals surface area contributed by atoms with Crippen LogP contribution in [0.15, 0.2) is 12.7 Å². The predicted octanol–water partition coefficient (Wildman–Crippen LogP) is -0.910. The van der Waals surface area contributed by atoms with Crippen LogP contribution in [0.5, 0.6) is 0 Å². The van der Waals surface area contributed by atoms with E-state index in [9.17, 15) is 0 Å².